The summed E-state index contributed by atoms with van der Waals surface area (Å²) in [6.45, 7) is 3.97. The number of methoxy groups -OCH3 is 1. The van der Waals surface area contributed by atoms with Crippen LogP contribution in [0.4, 0.5) is 10.2 Å². The lowest BCUT2D eigenvalue weighted by molar-refractivity contribution is 0.0323. The molecule has 1 aromatic carbocycles. The van der Waals surface area contributed by atoms with E-state index in [1.165, 1.54) is 24.5 Å². The van der Waals surface area contributed by atoms with E-state index < -0.39 is 21.9 Å². The zero-order valence-corrected chi connectivity index (χ0v) is 23.7. The molecule has 1 saturated heterocycles. The molecule has 0 radical (unpaired) electrons. The molecule has 212 valence electrons. The predicted octanol–water partition coefficient (Wildman–Crippen LogP) is 3.71. The number of nitrogens with zero attached hydrogens (tertiary/aromatic N) is 5. The Balaban J connectivity index is 1.48. The second kappa shape index (κ2) is 11.8. The van der Waals surface area contributed by atoms with Crippen molar-refractivity contribution >= 4 is 38.5 Å². The van der Waals surface area contributed by atoms with Crippen molar-refractivity contribution in [3.05, 3.63) is 65.3 Å². The van der Waals surface area contributed by atoms with Crippen LogP contribution in [0.2, 0.25) is 5.02 Å². The molecule has 1 aliphatic rings. The highest BCUT2D eigenvalue weighted by atomic mass is 35.5. The van der Waals surface area contributed by atoms with Crippen molar-refractivity contribution in [2.45, 2.75) is 36.8 Å². The lowest BCUT2D eigenvalue weighted by atomic mass is 10.1. The normalized spacial score (nSPS) is 17.3. The van der Waals surface area contributed by atoms with E-state index in [0.717, 1.165) is 35.1 Å². The van der Waals surface area contributed by atoms with Crippen molar-refractivity contribution in [1.82, 2.24) is 23.8 Å². The lowest BCUT2D eigenvalue weighted by Crippen LogP contribution is -2.46. The molecule has 10 nitrogen and oxygen atoms in total. The highest BCUT2D eigenvalue weighted by Gasteiger charge is 2.26. The lowest BCUT2D eigenvalue weighted by Gasteiger charge is -2.34. The Kier molecular flexibility index (Phi) is 8.34. The van der Waals surface area contributed by atoms with E-state index in [-0.39, 0.29) is 34.8 Å². The molecule has 13 heteroatoms. The summed E-state index contributed by atoms with van der Waals surface area (Å²) in [5, 5.41) is 14.0. The van der Waals surface area contributed by atoms with Crippen LogP contribution in [0.15, 0.2) is 53.8 Å². The Morgan fingerprint density at radius 1 is 1.25 bits per heavy atom. The van der Waals surface area contributed by atoms with Gasteiger partial charge in [0.2, 0.25) is 0 Å². The summed E-state index contributed by atoms with van der Waals surface area (Å²) >= 11 is 6.23. The second-order valence-corrected chi connectivity index (χ2v) is 12.2. The number of halogens is 2. The van der Waals surface area contributed by atoms with E-state index in [1.807, 2.05) is 6.92 Å². The first-order chi connectivity index (χ1) is 19.2. The predicted molar refractivity (Wildman–Crippen MR) is 150 cm³/mol. The third-order valence-electron chi connectivity index (χ3n) is 6.82. The minimum Gasteiger partial charge on any atom is -0.389 e. The van der Waals surface area contributed by atoms with Crippen LogP contribution < -0.4 is 5.32 Å². The Labute approximate surface area is 236 Å². The maximum Gasteiger partial charge on any atom is 0.269 e. The first-order valence-electron chi connectivity index (χ1n) is 12.8. The number of aliphatic hydroxyl groups excluding tert-OH is 1. The van der Waals surface area contributed by atoms with Gasteiger partial charge in [0.25, 0.3) is 10.0 Å². The molecule has 0 bridgehead atoms. The molecule has 2 unspecified atom stereocenters. The van der Waals surface area contributed by atoms with E-state index in [4.69, 9.17) is 16.3 Å². The fourth-order valence-electron chi connectivity index (χ4n) is 4.91. The number of hydrogen-bond acceptors (Lipinski definition) is 9. The van der Waals surface area contributed by atoms with Gasteiger partial charge in [0, 0.05) is 49.6 Å². The number of likely N-dealkylation sites (tertiary alicyclic amines) is 1. The van der Waals surface area contributed by atoms with Crippen LogP contribution in [0.1, 0.15) is 18.4 Å². The molecule has 4 heterocycles. The highest BCUT2D eigenvalue weighted by Crippen LogP contribution is 2.33. The molecular formula is C27H30ClFN6O4S. The zero-order chi connectivity index (χ0) is 28.4. The molecular weight excluding hydrogens is 559 g/mol. The maximum atomic E-state index is 14.9. The minimum absolute atomic E-state index is 0.00608. The quantitative estimate of drug-likeness (QED) is 0.301. The number of pyridine rings is 1. The third kappa shape index (κ3) is 5.96. The average Bonchev–Trinajstić information content (AvgIpc) is 3.30. The fraction of sp³-hybridized carbons (Fsp3) is 0.370. The molecule has 4 aromatic rings. The molecule has 1 fully saturated rings. The fourth-order valence-corrected chi connectivity index (χ4v) is 6.40. The summed E-state index contributed by atoms with van der Waals surface area (Å²) < 4.78 is 48.1. The Morgan fingerprint density at radius 3 is 2.77 bits per heavy atom. The largest absolute Gasteiger partial charge is 0.389 e. The number of nitrogens with one attached hydrogen (secondary N) is 1. The molecule has 40 heavy (non-hydrogen) atoms. The van der Waals surface area contributed by atoms with Gasteiger partial charge in [-0.05, 0) is 44.5 Å². The van der Waals surface area contributed by atoms with Crippen molar-refractivity contribution in [1.29, 1.82) is 0 Å². The molecule has 2 N–H and O–H groups in total. The molecule has 5 rings (SSSR count). The van der Waals surface area contributed by atoms with Crippen LogP contribution in [0.3, 0.4) is 0 Å². The van der Waals surface area contributed by atoms with Gasteiger partial charge in [0.05, 0.1) is 28.8 Å². The number of β-amino-alcohol motifs (C(OH)–C–C–N with tert-alkyl or cyclic N) is 1. The molecule has 0 saturated carbocycles. The van der Waals surface area contributed by atoms with E-state index in [2.05, 4.69) is 25.2 Å². The van der Waals surface area contributed by atoms with Crippen molar-refractivity contribution in [2.24, 2.45) is 0 Å². The summed E-state index contributed by atoms with van der Waals surface area (Å²) in [6, 6.07) is 7.98. The van der Waals surface area contributed by atoms with Gasteiger partial charge in [-0.3, -0.25) is 4.90 Å². The number of benzene rings is 1. The Hall–Kier alpha value is -3.16. The van der Waals surface area contributed by atoms with Gasteiger partial charge in [0.15, 0.2) is 23.1 Å². The van der Waals surface area contributed by atoms with Crippen LogP contribution in [0.5, 0.6) is 0 Å². The zero-order valence-electron chi connectivity index (χ0n) is 22.1. The van der Waals surface area contributed by atoms with Crippen molar-refractivity contribution in [3.63, 3.8) is 0 Å². The summed E-state index contributed by atoms with van der Waals surface area (Å²) in [4.78, 5) is 15.1. The van der Waals surface area contributed by atoms with E-state index in [1.54, 1.807) is 25.3 Å². The van der Waals surface area contributed by atoms with Crippen LogP contribution in [0.25, 0.3) is 22.4 Å². The number of aryl methyl sites for hydroxylation is 1. The molecule has 1 aliphatic heterocycles. The van der Waals surface area contributed by atoms with Gasteiger partial charge >= 0.3 is 0 Å². The monoisotopic (exact) mass is 588 g/mol. The van der Waals surface area contributed by atoms with Crippen LogP contribution in [0, 0.1) is 12.7 Å². The number of anilines is 1. The molecule has 0 aliphatic carbocycles. The van der Waals surface area contributed by atoms with E-state index in [0.29, 0.717) is 29.1 Å². The summed E-state index contributed by atoms with van der Waals surface area (Å²) in [6.07, 6.45) is 4.86. The first kappa shape index (κ1) is 28.4. The van der Waals surface area contributed by atoms with Gasteiger partial charge in [-0.1, -0.05) is 29.3 Å². The third-order valence-corrected chi connectivity index (χ3v) is 8.69. The average molecular weight is 589 g/mol. The highest BCUT2D eigenvalue weighted by molar-refractivity contribution is 7.90. The number of piperidine rings is 1. The van der Waals surface area contributed by atoms with Gasteiger partial charge in [-0.25, -0.2) is 31.7 Å². The molecule has 0 amide bonds. The van der Waals surface area contributed by atoms with Crippen LogP contribution in [-0.4, -0.2) is 82.8 Å². The Bertz CT molecular complexity index is 1620. The van der Waals surface area contributed by atoms with Gasteiger partial charge in [0.1, 0.15) is 0 Å². The van der Waals surface area contributed by atoms with Crippen LogP contribution >= 0.6 is 11.6 Å². The van der Waals surface area contributed by atoms with E-state index in [9.17, 15) is 17.9 Å². The van der Waals surface area contributed by atoms with Crippen LogP contribution in [-0.2, 0) is 14.8 Å². The number of aromatic nitrogens is 4. The topological polar surface area (TPSA) is 122 Å². The van der Waals surface area contributed by atoms with Gasteiger partial charge in [-0.15, -0.1) is 0 Å². The maximum absolute atomic E-state index is 14.9. The number of ether oxygens (including phenoxy) is 1. The number of rotatable bonds is 9. The number of aliphatic hydroxyl groups is 1. The van der Waals surface area contributed by atoms with Crippen molar-refractivity contribution < 1.29 is 22.7 Å². The molecule has 3 aromatic heterocycles. The smallest absolute Gasteiger partial charge is 0.269 e. The summed E-state index contributed by atoms with van der Waals surface area (Å²) in [5.41, 5.74) is 1.42. The number of hydrogen-bond donors (Lipinski definition) is 2. The van der Waals surface area contributed by atoms with Crippen molar-refractivity contribution in [2.75, 3.05) is 38.7 Å². The van der Waals surface area contributed by atoms with Gasteiger partial charge in [-0.2, -0.15) is 0 Å². The molecule has 0 spiro atoms. The Morgan fingerprint density at radius 2 is 2.02 bits per heavy atom. The van der Waals surface area contributed by atoms with Gasteiger partial charge < -0.3 is 15.2 Å². The van der Waals surface area contributed by atoms with E-state index >= 15 is 0 Å². The second-order valence-electron chi connectivity index (χ2n) is 9.92. The standard InChI is InChI=1S/C27H30ClFN6O4S/c1-17-5-7-21(8-6-17)40(37,38)35-15-23(22-10-18(28)11-31-27(22)35)25-30-12-24(29)26(33-25)32-19-4-3-9-34(13-19)14-20(36)16-39-2/h5-8,10-12,15,19-20,36H,3-4,9,13-14,16H2,1-2H3,(H,30,32,33). The molecule has 2 atom stereocenters. The SMILES string of the molecule is COCC(O)CN1CCCC(Nc2nc(-c3cn(S(=O)(=O)c4ccc(C)cc4)c4ncc(Cl)cc34)ncc2F)C1. The first-order valence-corrected chi connectivity index (χ1v) is 14.6. The van der Waals surface area contributed by atoms with Crippen molar-refractivity contribution in [3.8, 4) is 11.4 Å². The minimum atomic E-state index is -4.01. The summed E-state index contributed by atoms with van der Waals surface area (Å²) in [7, 11) is -2.47. The number of fused-ring (bicyclic) bond motifs is 1. The summed E-state index contributed by atoms with van der Waals surface area (Å²) in [5.74, 6) is -0.502.